The number of rotatable bonds is 6. The van der Waals surface area contributed by atoms with Crippen LogP contribution in [0.4, 0.5) is 17.1 Å². The van der Waals surface area contributed by atoms with Crippen LogP contribution in [0.15, 0.2) is 115 Å². The topological polar surface area (TPSA) is 32.7 Å². The largest absolute Gasteiger partial charge is 0.506 e. The minimum Gasteiger partial charge on any atom is -0.506 e. The number of phenolic OH excluding ortho intramolecular Hbond substituents is 1. The molecular formula is C33H29NO2. The highest BCUT2D eigenvalue weighted by atomic mass is 16.5. The van der Waals surface area contributed by atoms with Crippen LogP contribution in [0.25, 0.3) is 22.3 Å². The maximum absolute atomic E-state index is 11.0. The summed E-state index contributed by atoms with van der Waals surface area (Å²) in [6, 6.07) is 39.2. The van der Waals surface area contributed by atoms with Gasteiger partial charge in [-0.05, 0) is 83.6 Å². The number of benzene rings is 5. The zero-order chi connectivity index (χ0) is 25.1. The Bertz CT molecular complexity index is 1490. The van der Waals surface area contributed by atoms with E-state index in [0.717, 1.165) is 50.5 Å². The summed E-state index contributed by atoms with van der Waals surface area (Å²) in [4.78, 5) is 2.06. The molecule has 5 aromatic carbocycles. The van der Waals surface area contributed by atoms with Crippen molar-refractivity contribution in [1.82, 2.24) is 0 Å². The highest BCUT2D eigenvalue weighted by molar-refractivity contribution is 5.90. The summed E-state index contributed by atoms with van der Waals surface area (Å²) >= 11 is 0. The van der Waals surface area contributed by atoms with Crippen molar-refractivity contribution in [3.8, 4) is 33.8 Å². The fraction of sp³-hybridized carbons (Fsp3) is 0.0909. The predicted octanol–water partition coefficient (Wildman–Crippen LogP) is 8.82. The van der Waals surface area contributed by atoms with Gasteiger partial charge in [0.05, 0.1) is 18.5 Å². The average Bonchev–Trinajstić information content (AvgIpc) is 2.91. The number of phenols is 1. The molecule has 3 heteroatoms. The number of nitrogens with zero attached hydrogens (tertiary/aromatic N) is 1. The molecule has 1 N–H and O–H groups in total. The molecule has 178 valence electrons. The molecule has 0 aromatic heterocycles. The number of hydrogen-bond donors (Lipinski definition) is 1. The molecule has 5 aromatic rings. The van der Waals surface area contributed by atoms with E-state index in [1.807, 2.05) is 50.2 Å². The molecule has 0 bridgehead atoms. The smallest absolute Gasteiger partial charge is 0.143 e. The molecule has 0 aliphatic carbocycles. The Hall–Kier alpha value is -4.50. The second-order valence-corrected chi connectivity index (χ2v) is 8.96. The first-order valence-electron chi connectivity index (χ1n) is 12.0. The van der Waals surface area contributed by atoms with Crippen LogP contribution >= 0.6 is 0 Å². The first kappa shape index (κ1) is 23.3. The van der Waals surface area contributed by atoms with Crippen molar-refractivity contribution < 1.29 is 9.84 Å². The fourth-order valence-corrected chi connectivity index (χ4v) is 4.60. The van der Waals surface area contributed by atoms with Crippen molar-refractivity contribution >= 4 is 17.1 Å². The van der Waals surface area contributed by atoms with Crippen LogP contribution in [0.1, 0.15) is 11.1 Å². The summed E-state index contributed by atoms with van der Waals surface area (Å²) in [5, 5.41) is 11.0. The van der Waals surface area contributed by atoms with Crippen LogP contribution in [-0.2, 0) is 0 Å². The van der Waals surface area contributed by atoms with Crippen LogP contribution in [0.5, 0.6) is 11.5 Å². The van der Waals surface area contributed by atoms with E-state index in [1.54, 1.807) is 13.2 Å². The molecule has 0 fully saturated rings. The molecule has 36 heavy (non-hydrogen) atoms. The lowest BCUT2D eigenvalue weighted by molar-refractivity contribution is 0.415. The van der Waals surface area contributed by atoms with E-state index in [9.17, 15) is 5.11 Å². The van der Waals surface area contributed by atoms with Crippen molar-refractivity contribution in [3.05, 3.63) is 126 Å². The van der Waals surface area contributed by atoms with Gasteiger partial charge in [-0.25, -0.2) is 0 Å². The first-order valence-corrected chi connectivity index (χ1v) is 12.0. The summed E-state index contributed by atoms with van der Waals surface area (Å²) in [6.45, 7) is 4.02. The van der Waals surface area contributed by atoms with Crippen molar-refractivity contribution in [2.75, 3.05) is 12.0 Å². The van der Waals surface area contributed by atoms with E-state index in [2.05, 4.69) is 77.7 Å². The lowest BCUT2D eigenvalue weighted by atomic mass is 9.93. The standard InChI is InChI=1S/C33H29NO2/c1-23-14-18-30(32(35)20-23)34(31-19-15-24(2)21-33(31)36-3)27-16-17-28(25-10-6-4-7-11-25)29(22-27)26-12-8-5-9-13-26/h4-22,35H,1-3H3. The van der Waals surface area contributed by atoms with Gasteiger partial charge in [-0.2, -0.15) is 0 Å². The minimum absolute atomic E-state index is 0.214. The van der Waals surface area contributed by atoms with E-state index in [0.29, 0.717) is 5.69 Å². The van der Waals surface area contributed by atoms with Crippen LogP contribution in [0.2, 0.25) is 0 Å². The number of methoxy groups -OCH3 is 1. The van der Waals surface area contributed by atoms with Gasteiger partial charge in [-0.3, -0.25) is 0 Å². The van der Waals surface area contributed by atoms with E-state index in [-0.39, 0.29) is 5.75 Å². The van der Waals surface area contributed by atoms with E-state index >= 15 is 0 Å². The molecule has 0 saturated carbocycles. The van der Waals surface area contributed by atoms with Gasteiger partial charge in [0.25, 0.3) is 0 Å². The number of hydrogen-bond acceptors (Lipinski definition) is 3. The molecular weight excluding hydrogens is 442 g/mol. The van der Waals surface area contributed by atoms with Gasteiger partial charge >= 0.3 is 0 Å². The molecule has 0 unspecified atom stereocenters. The average molecular weight is 472 g/mol. The van der Waals surface area contributed by atoms with Gasteiger partial charge in [0.2, 0.25) is 0 Å². The van der Waals surface area contributed by atoms with E-state index in [1.165, 1.54) is 0 Å². The second kappa shape index (κ2) is 10.0. The SMILES string of the molecule is COc1cc(C)ccc1N(c1ccc(-c2ccccc2)c(-c2ccccc2)c1)c1ccc(C)cc1O. The van der Waals surface area contributed by atoms with E-state index in [4.69, 9.17) is 4.74 Å². The lowest BCUT2D eigenvalue weighted by Crippen LogP contribution is -2.12. The van der Waals surface area contributed by atoms with Crippen molar-refractivity contribution in [2.45, 2.75) is 13.8 Å². The van der Waals surface area contributed by atoms with Crippen LogP contribution in [0.3, 0.4) is 0 Å². The van der Waals surface area contributed by atoms with Gasteiger partial charge in [0, 0.05) is 5.69 Å². The zero-order valence-electron chi connectivity index (χ0n) is 20.8. The fourth-order valence-electron chi connectivity index (χ4n) is 4.60. The van der Waals surface area contributed by atoms with Gasteiger partial charge in [0.1, 0.15) is 11.5 Å². The molecule has 0 heterocycles. The number of aryl methyl sites for hydroxylation is 2. The van der Waals surface area contributed by atoms with Gasteiger partial charge in [0.15, 0.2) is 0 Å². The molecule has 0 saturated heterocycles. The third kappa shape index (κ3) is 4.56. The van der Waals surface area contributed by atoms with Crippen LogP contribution < -0.4 is 9.64 Å². The normalized spacial score (nSPS) is 10.8. The maximum Gasteiger partial charge on any atom is 0.143 e. The first-order chi connectivity index (χ1) is 17.5. The number of aromatic hydroxyl groups is 1. The van der Waals surface area contributed by atoms with E-state index < -0.39 is 0 Å². The van der Waals surface area contributed by atoms with Crippen molar-refractivity contribution in [1.29, 1.82) is 0 Å². The summed E-state index contributed by atoms with van der Waals surface area (Å²) in [6.07, 6.45) is 0. The number of ether oxygens (including phenoxy) is 1. The summed E-state index contributed by atoms with van der Waals surface area (Å²) < 4.78 is 5.80. The molecule has 0 aliphatic rings. The minimum atomic E-state index is 0.214. The second-order valence-electron chi connectivity index (χ2n) is 8.96. The Labute approximate surface area is 212 Å². The molecule has 0 spiro atoms. The van der Waals surface area contributed by atoms with Gasteiger partial charge < -0.3 is 14.7 Å². The third-order valence-electron chi connectivity index (χ3n) is 6.38. The molecule has 0 aliphatic heterocycles. The molecule has 5 rings (SSSR count). The summed E-state index contributed by atoms with van der Waals surface area (Å²) in [5.74, 6) is 0.953. The molecule has 0 radical (unpaired) electrons. The monoisotopic (exact) mass is 471 g/mol. The molecule has 0 amide bonds. The highest BCUT2D eigenvalue weighted by Crippen LogP contribution is 2.46. The molecule has 3 nitrogen and oxygen atoms in total. The Morgan fingerprint density at radius 3 is 1.78 bits per heavy atom. The van der Waals surface area contributed by atoms with Crippen LogP contribution in [-0.4, -0.2) is 12.2 Å². The predicted molar refractivity (Wildman–Crippen MR) is 150 cm³/mol. The Balaban J connectivity index is 1.77. The lowest BCUT2D eigenvalue weighted by Gasteiger charge is -2.29. The Morgan fingerprint density at radius 2 is 1.17 bits per heavy atom. The Morgan fingerprint density at radius 1 is 0.583 bits per heavy atom. The maximum atomic E-state index is 11.0. The van der Waals surface area contributed by atoms with Gasteiger partial charge in [-0.1, -0.05) is 78.9 Å². The van der Waals surface area contributed by atoms with Gasteiger partial charge in [-0.15, -0.1) is 0 Å². The quantitative estimate of drug-likeness (QED) is 0.268. The summed E-state index contributed by atoms with van der Waals surface area (Å²) in [7, 11) is 1.68. The number of anilines is 3. The Kier molecular flexibility index (Phi) is 6.46. The van der Waals surface area contributed by atoms with Crippen molar-refractivity contribution in [3.63, 3.8) is 0 Å². The zero-order valence-corrected chi connectivity index (χ0v) is 20.8. The van der Waals surface area contributed by atoms with Crippen molar-refractivity contribution in [2.24, 2.45) is 0 Å². The summed E-state index contributed by atoms with van der Waals surface area (Å²) in [5.41, 5.74) is 9.11. The molecule has 0 atom stereocenters. The third-order valence-corrected chi connectivity index (χ3v) is 6.38. The van der Waals surface area contributed by atoms with Crippen LogP contribution in [0, 0.1) is 13.8 Å². The highest BCUT2D eigenvalue weighted by Gasteiger charge is 2.21.